The maximum absolute atomic E-state index is 11.9. The van der Waals surface area contributed by atoms with Crippen LogP contribution < -0.4 is 11.1 Å². The smallest absolute Gasteiger partial charge is 0.412 e. The molecule has 0 spiro atoms. The van der Waals surface area contributed by atoms with Crippen molar-refractivity contribution in [2.24, 2.45) is 5.73 Å². The van der Waals surface area contributed by atoms with Gasteiger partial charge in [-0.15, -0.1) is 0 Å². The van der Waals surface area contributed by atoms with Crippen molar-refractivity contribution in [1.29, 1.82) is 0 Å². The predicted molar refractivity (Wildman–Crippen MR) is 79.0 cm³/mol. The molecular weight excluding hydrogens is 288 g/mol. The van der Waals surface area contributed by atoms with Gasteiger partial charge in [-0.25, -0.2) is 14.4 Å². The summed E-state index contributed by atoms with van der Waals surface area (Å²) in [5, 5.41) is 2.38. The Bertz CT molecular complexity index is 537. The van der Waals surface area contributed by atoms with Crippen LogP contribution in [0.2, 0.25) is 0 Å². The number of hydrogen-bond acceptors (Lipinski definition) is 5. The molecule has 22 heavy (non-hydrogen) atoms. The van der Waals surface area contributed by atoms with Crippen LogP contribution in [0.1, 0.15) is 26.3 Å². The molecule has 0 bridgehead atoms. The molecular formula is C15H20N2O5. The molecule has 0 unspecified atom stereocenters. The fraction of sp³-hybridized carbons (Fsp3) is 0.400. The number of primary amides is 1. The summed E-state index contributed by atoms with van der Waals surface area (Å²) in [7, 11) is 0. The monoisotopic (exact) mass is 308 g/mol. The molecule has 0 aromatic heterocycles. The van der Waals surface area contributed by atoms with Crippen LogP contribution in [0, 0.1) is 0 Å². The molecule has 1 aromatic carbocycles. The Morgan fingerprint density at radius 3 is 2.27 bits per heavy atom. The first kappa shape index (κ1) is 17.5. The average molecular weight is 308 g/mol. The highest BCUT2D eigenvalue weighted by molar-refractivity contribution is 5.89. The van der Waals surface area contributed by atoms with Crippen LogP contribution in [0.4, 0.5) is 9.59 Å². The van der Waals surface area contributed by atoms with E-state index in [0.29, 0.717) is 0 Å². The summed E-state index contributed by atoms with van der Waals surface area (Å²) in [6.07, 6.45) is -1.87. The van der Waals surface area contributed by atoms with E-state index in [0.717, 1.165) is 5.56 Å². The molecule has 7 nitrogen and oxygen atoms in total. The highest BCUT2D eigenvalue weighted by Crippen LogP contribution is 2.09. The van der Waals surface area contributed by atoms with Gasteiger partial charge in [0.1, 0.15) is 11.6 Å². The molecule has 0 aliphatic heterocycles. The molecule has 0 aliphatic rings. The van der Waals surface area contributed by atoms with Gasteiger partial charge in [-0.1, -0.05) is 30.3 Å². The van der Waals surface area contributed by atoms with E-state index >= 15 is 0 Å². The predicted octanol–water partition coefficient (Wildman–Crippen LogP) is 1.74. The number of amides is 2. The maximum Gasteiger partial charge on any atom is 0.412 e. The van der Waals surface area contributed by atoms with Gasteiger partial charge in [-0.2, -0.15) is 0 Å². The third-order valence-electron chi connectivity index (χ3n) is 2.46. The van der Waals surface area contributed by atoms with Gasteiger partial charge in [0.05, 0.1) is 0 Å². The van der Waals surface area contributed by atoms with Gasteiger partial charge in [0.15, 0.2) is 0 Å². The Balaban J connectivity index is 2.80. The summed E-state index contributed by atoms with van der Waals surface area (Å²) in [6.45, 7) is 5.08. The summed E-state index contributed by atoms with van der Waals surface area (Å²) in [4.78, 5) is 34.4. The lowest BCUT2D eigenvalue weighted by Crippen LogP contribution is -2.46. The molecule has 120 valence electrons. The number of ether oxygens (including phenoxy) is 2. The molecule has 1 atom stereocenters. The van der Waals surface area contributed by atoms with E-state index in [-0.39, 0.29) is 6.42 Å². The normalized spacial score (nSPS) is 12.1. The van der Waals surface area contributed by atoms with E-state index in [4.69, 9.17) is 10.5 Å². The largest absolute Gasteiger partial charge is 0.444 e. The van der Waals surface area contributed by atoms with Gasteiger partial charge in [-0.3, -0.25) is 0 Å². The van der Waals surface area contributed by atoms with Gasteiger partial charge < -0.3 is 20.5 Å². The number of nitrogens with two attached hydrogens (primary N) is 1. The summed E-state index contributed by atoms with van der Waals surface area (Å²) < 4.78 is 9.43. The first-order chi connectivity index (χ1) is 10.2. The molecule has 0 radical (unpaired) electrons. The van der Waals surface area contributed by atoms with E-state index in [1.54, 1.807) is 45.0 Å². The number of carbonyl (C=O) groups excluding carboxylic acids is 3. The number of alkyl carbamates (subject to hydrolysis) is 1. The first-order valence-corrected chi connectivity index (χ1v) is 6.72. The summed E-state index contributed by atoms with van der Waals surface area (Å²) in [6, 6.07) is 7.88. The molecule has 0 aliphatic carbocycles. The number of nitrogens with one attached hydrogen (secondary N) is 1. The minimum atomic E-state index is -1.23. The molecule has 0 saturated heterocycles. The van der Waals surface area contributed by atoms with Crippen molar-refractivity contribution in [2.75, 3.05) is 0 Å². The number of esters is 1. The molecule has 1 aromatic rings. The highest BCUT2D eigenvalue weighted by Gasteiger charge is 2.27. The fourth-order valence-electron chi connectivity index (χ4n) is 1.66. The van der Waals surface area contributed by atoms with Crippen LogP contribution in [-0.2, 0) is 20.7 Å². The second-order valence-electron chi connectivity index (χ2n) is 5.63. The topological polar surface area (TPSA) is 108 Å². The van der Waals surface area contributed by atoms with Crippen molar-refractivity contribution in [3.05, 3.63) is 35.9 Å². The van der Waals surface area contributed by atoms with E-state index in [1.807, 2.05) is 6.07 Å². The van der Waals surface area contributed by atoms with Crippen LogP contribution in [0.25, 0.3) is 0 Å². The lowest BCUT2D eigenvalue weighted by atomic mass is 10.1. The highest BCUT2D eigenvalue weighted by atomic mass is 16.6. The minimum absolute atomic E-state index is 0.145. The average Bonchev–Trinajstić information content (AvgIpc) is 2.36. The Kier molecular flexibility index (Phi) is 5.91. The van der Waals surface area contributed by atoms with Crippen molar-refractivity contribution in [3.8, 4) is 0 Å². The third-order valence-corrected chi connectivity index (χ3v) is 2.46. The molecule has 1 rings (SSSR count). The fourth-order valence-corrected chi connectivity index (χ4v) is 1.66. The number of benzene rings is 1. The number of carbonyl (C=O) groups is 3. The molecule has 0 fully saturated rings. The van der Waals surface area contributed by atoms with E-state index in [2.05, 4.69) is 10.1 Å². The second kappa shape index (κ2) is 7.44. The zero-order valence-electron chi connectivity index (χ0n) is 12.8. The number of rotatable bonds is 4. The quantitative estimate of drug-likeness (QED) is 0.650. The van der Waals surface area contributed by atoms with Gasteiger partial charge >= 0.3 is 18.2 Å². The molecule has 0 heterocycles. The number of hydrogen-bond donors (Lipinski definition) is 2. The molecule has 7 heteroatoms. The standard InChI is InChI=1S/C15H20N2O5/c1-15(2,3)22-14(20)17-11(12(18)21-13(16)19)9-10-7-5-4-6-8-10/h4-8,11H,9H2,1-3H3,(H2,16,19)(H,17,20)/t11-/m0/s1. The van der Waals surface area contributed by atoms with E-state index in [1.165, 1.54) is 0 Å². The Labute approximate surface area is 128 Å². The zero-order chi connectivity index (χ0) is 16.8. The third kappa shape index (κ3) is 6.74. The van der Waals surface area contributed by atoms with Crippen LogP contribution in [0.5, 0.6) is 0 Å². The first-order valence-electron chi connectivity index (χ1n) is 6.72. The maximum atomic E-state index is 11.9. The van der Waals surface area contributed by atoms with Gasteiger partial charge in [0.2, 0.25) is 0 Å². The molecule has 0 saturated carbocycles. The SMILES string of the molecule is CC(C)(C)OC(=O)N[C@@H](Cc1ccccc1)C(=O)OC(N)=O. The van der Waals surface area contributed by atoms with Crippen LogP contribution in [0.15, 0.2) is 30.3 Å². The van der Waals surface area contributed by atoms with Crippen LogP contribution in [0.3, 0.4) is 0 Å². The molecule has 3 N–H and O–H groups in total. The van der Waals surface area contributed by atoms with Gasteiger partial charge in [-0.05, 0) is 26.3 Å². The molecule has 2 amide bonds. The van der Waals surface area contributed by atoms with Crippen molar-refractivity contribution in [2.45, 2.75) is 38.8 Å². The summed E-state index contributed by atoms with van der Waals surface area (Å²) in [5.74, 6) is -0.942. The van der Waals surface area contributed by atoms with Gasteiger partial charge in [0.25, 0.3) is 0 Å². The van der Waals surface area contributed by atoms with E-state index < -0.39 is 29.8 Å². The van der Waals surface area contributed by atoms with Crippen LogP contribution in [-0.4, -0.2) is 29.8 Å². The van der Waals surface area contributed by atoms with E-state index in [9.17, 15) is 14.4 Å². The summed E-state index contributed by atoms with van der Waals surface area (Å²) in [5.41, 5.74) is 4.90. The van der Waals surface area contributed by atoms with Crippen LogP contribution >= 0.6 is 0 Å². The zero-order valence-corrected chi connectivity index (χ0v) is 12.8. The van der Waals surface area contributed by atoms with Gasteiger partial charge in [0, 0.05) is 6.42 Å². The lowest BCUT2D eigenvalue weighted by molar-refractivity contribution is -0.139. The van der Waals surface area contributed by atoms with Crippen molar-refractivity contribution < 1.29 is 23.9 Å². The van der Waals surface area contributed by atoms with Crippen molar-refractivity contribution in [3.63, 3.8) is 0 Å². The minimum Gasteiger partial charge on any atom is -0.444 e. The second-order valence-corrected chi connectivity index (χ2v) is 5.63. The lowest BCUT2D eigenvalue weighted by Gasteiger charge is -2.22. The van der Waals surface area contributed by atoms with Crippen molar-refractivity contribution >= 4 is 18.2 Å². The summed E-state index contributed by atoms with van der Waals surface area (Å²) >= 11 is 0. The Morgan fingerprint density at radius 1 is 1.18 bits per heavy atom. The Morgan fingerprint density at radius 2 is 1.77 bits per heavy atom. The Hall–Kier alpha value is -2.57. The van der Waals surface area contributed by atoms with Crippen molar-refractivity contribution in [1.82, 2.24) is 5.32 Å².